The average molecular weight is 328 g/mol. The molecule has 9 heteroatoms. The van der Waals surface area contributed by atoms with E-state index in [2.05, 4.69) is 20.7 Å². The first-order chi connectivity index (χ1) is 10.9. The summed E-state index contributed by atoms with van der Waals surface area (Å²) in [5.74, 6) is 0.439. The molecule has 0 saturated heterocycles. The third kappa shape index (κ3) is 4.76. The number of hydrogen-bond donors (Lipinski definition) is 2. The summed E-state index contributed by atoms with van der Waals surface area (Å²) in [5, 5.41) is 9.39. The van der Waals surface area contributed by atoms with E-state index >= 15 is 0 Å². The second-order valence-corrected chi connectivity index (χ2v) is 4.95. The number of hydrogen-bond acceptors (Lipinski definition) is 2. The van der Waals surface area contributed by atoms with Crippen LogP contribution in [-0.4, -0.2) is 33.9 Å². The number of alkyl halides is 3. The van der Waals surface area contributed by atoms with Gasteiger partial charge in [-0.2, -0.15) is 18.3 Å². The topological polar surface area (TPSA) is 59.2 Å². The van der Waals surface area contributed by atoms with E-state index in [1.54, 1.807) is 7.05 Å². The van der Waals surface area contributed by atoms with Gasteiger partial charge in [-0.15, -0.1) is 0 Å². The lowest BCUT2D eigenvalue weighted by molar-refractivity contribution is -0.142. The maximum atomic E-state index is 12.9. The fraction of sp³-hybridized carbons (Fsp3) is 0.429. The molecule has 0 radical (unpaired) electrons. The molecule has 0 bridgehead atoms. The number of nitrogens with one attached hydrogen (secondary N) is 2. The molecular formula is C14H19F3N6. The van der Waals surface area contributed by atoms with Gasteiger partial charge in [0, 0.05) is 57.9 Å². The summed E-state index contributed by atoms with van der Waals surface area (Å²) in [7, 11) is 3.03. The number of aryl methyl sites for hydroxylation is 1. The number of halogens is 3. The predicted octanol–water partition coefficient (Wildman–Crippen LogP) is 1.61. The van der Waals surface area contributed by atoms with E-state index in [4.69, 9.17) is 0 Å². The van der Waals surface area contributed by atoms with Gasteiger partial charge in [-0.1, -0.05) is 0 Å². The molecule has 0 fully saturated rings. The second-order valence-electron chi connectivity index (χ2n) is 4.95. The number of rotatable bonds is 5. The Morgan fingerprint density at radius 1 is 1.26 bits per heavy atom. The summed E-state index contributed by atoms with van der Waals surface area (Å²) in [5.41, 5.74) is -0.802. The number of guanidine groups is 1. The van der Waals surface area contributed by atoms with Crippen molar-refractivity contribution in [2.24, 2.45) is 12.0 Å². The first-order valence-electron chi connectivity index (χ1n) is 7.05. The lowest BCUT2D eigenvalue weighted by atomic mass is 10.2. The van der Waals surface area contributed by atoms with Gasteiger partial charge in [0.1, 0.15) is 0 Å². The summed E-state index contributed by atoms with van der Waals surface area (Å²) in [6.45, 7) is 1.33. The molecule has 0 amide bonds. The zero-order valence-corrected chi connectivity index (χ0v) is 12.9. The SMILES string of the molecule is CN=C(NCCn1cccc1)NCc1cn(C)nc1C(F)(F)F. The molecule has 2 heterocycles. The van der Waals surface area contributed by atoms with Crippen molar-refractivity contribution in [3.8, 4) is 0 Å². The minimum Gasteiger partial charge on any atom is -0.355 e. The van der Waals surface area contributed by atoms with Gasteiger partial charge in [0.25, 0.3) is 0 Å². The molecule has 126 valence electrons. The minimum atomic E-state index is -4.47. The van der Waals surface area contributed by atoms with Crippen LogP contribution in [0.15, 0.2) is 35.7 Å². The Morgan fingerprint density at radius 3 is 2.57 bits per heavy atom. The van der Waals surface area contributed by atoms with Gasteiger partial charge in [-0.05, 0) is 12.1 Å². The van der Waals surface area contributed by atoms with Gasteiger partial charge in [-0.3, -0.25) is 9.67 Å². The Hall–Kier alpha value is -2.45. The third-order valence-electron chi connectivity index (χ3n) is 3.17. The Kier molecular flexibility index (Phi) is 5.30. The first-order valence-corrected chi connectivity index (χ1v) is 7.05. The van der Waals surface area contributed by atoms with Crippen molar-refractivity contribution in [3.05, 3.63) is 42.0 Å². The van der Waals surface area contributed by atoms with Gasteiger partial charge in [0.05, 0.1) is 0 Å². The molecule has 2 N–H and O–H groups in total. The van der Waals surface area contributed by atoms with Crippen molar-refractivity contribution in [3.63, 3.8) is 0 Å². The second kappa shape index (κ2) is 7.21. The molecule has 2 aromatic heterocycles. The van der Waals surface area contributed by atoms with Gasteiger partial charge in [-0.25, -0.2) is 0 Å². The average Bonchev–Trinajstić information content (AvgIpc) is 3.11. The fourth-order valence-electron chi connectivity index (χ4n) is 2.13. The highest BCUT2D eigenvalue weighted by molar-refractivity contribution is 5.79. The van der Waals surface area contributed by atoms with Crippen molar-refractivity contribution in [2.75, 3.05) is 13.6 Å². The lowest BCUT2D eigenvalue weighted by Gasteiger charge is -2.12. The molecule has 0 atom stereocenters. The number of aromatic nitrogens is 3. The van der Waals surface area contributed by atoms with Crippen LogP contribution < -0.4 is 10.6 Å². The molecular weight excluding hydrogens is 309 g/mol. The zero-order chi connectivity index (χ0) is 16.9. The Balaban J connectivity index is 1.88. The number of aliphatic imine (C=N–C) groups is 1. The van der Waals surface area contributed by atoms with Crippen LogP contribution in [0.5, 0.6) is 0 Å². The van der Waals surface area contributed by atoms with Crippen LogP contribution in [-0.2, 0) is 26.3 Å². The molecule has 6 nitrogen and oxygen atoms in total. The fourth-order valence-corrected chi connectivity index (χ4v) is 2.13. The van der Waals surface area contributed by atoms with Gasteiger partial charge < -0.3 is 15.2 Å². The van der Waals surface area contributed by atoms with Crippen LogP contribution in [0.4, 0.5) is 13.2 Å². The Morgan fingerprint density at radius 2 is 1.96 bits per heavy atom. The highest BCUT2D eigenvalue weighted by atomic mass is 19.4. The van der Waals surface area contributed by atoms with Crippen LogP contribution in [0.1, 0.15) is 11.3 Å². The smallest absolute Gasteiger partial charge is 0.355 e. The molecule has 0 aliphatic heterocycles. The van der Waals surface area contributed by atoms with Crippen LogP contribution in [0.2, 0.25) is 0 Å². The van der Waals surface area contributed by atoms with E-state index in [9.17, 15) is 13.2 Å². The zero-order valence-electron chi connectivity index (χ0n) is 12.9. The summed E-state index contributed by atoms with van der Waals surface area (Å²) in [6.07, 6.45) is 0.749. The summed E-state index contributed by atoms with van der Waals surface area (Å²) >= 11 is 0. The van der Waals surface area contributed by atoms with Crippen LogP contribution in [0.3, 0.4) is 0 Å². The largest absolute Gasteiger partial charge is 0.435 e. The Labute approximate surface area is 132 Å². The third-order valence-corrected chi connectivity index (χ3v) is 3.17. The monoisotopic (exact) mass is 328 g/mol. The van der Waals surface area contributed by atoms with Crippen LogP contribution in [0.25, 0.3) is 0 Å². The molecule has 2 aromatic rings. The quantitative estimate of drug-likeness (QED) is 0.647. The van der Waals surface area contributed by atoms with Gasteiger partial charge in [0.2, 0.25) is 0 Å². The standard InChI is InChI=1S/C14H19F3N6/c1-18-13(19-5-8-23-6-3-4-7-23)20-9-11-10-22(2)21-12(11)14(15,16)17/h3-4,6-7,10H,5,8-9H2,1-2H3,(H2,18,19,20). The minimum absolute atomic E-state index is 0.00806. The van der Waals surface area contributed by atoms with Crippen molar-refractivity contribution in [1.29, 1.82) is 0 Å². The molecule has 23 heavy (non-hydrogen) atoms. The van der Waals surface area contributed by atoms with Crippen LogP contribution in [0, 0.1) is 0 Å². The summed E-state index contributed by atoms with van der Waals surface area (Å²) < 4.78 is 41.8. The van der Waals surface area contributed by atoms with Crippen molar-refractivity contribution in [1.82, 2.24) is 25.0 Å². The predicted molar refractivity (Wildman–Crippen MR) is 80.8 cm³/mol. The van der Waals surface area contributed by atoms with E-state index in [0.29, 0.717) is 12.5 Å². The van der Waals surface area contributed by atoms with E-state index < -0.39 is 11.9 Å². The first kappa shape index (κ1) is 16.9. The van der Waals surface area contributed by atoms with E-state index in [1.165, 1.54) is 13.2 Å². The summed E-state index contributed by atoms with van der Waals surface area (Å²) in [6, 6.07) is 3.85. The molecule has 0 aliphatic carbocycles. The van der Waals surface area contributed by atoms with Gasteiger partial charge >= 0.3 is 6.18 Å². The Bertz CT molecular complexity index is 642. The van der Waals surface area contributed by atoms with E-state index in [0.717, 1.165) is 11.2 Å². The molecule has 0 aromatic carbocycles. The highest BCUT2D eigenvalue weighted by Gasteiger charge is 2.36. The number of nitrogens with zero attached hydrogens (tertiary/aromatic N) is 4. The lowest BCUT2D eigenvalue weighted by Crippen LogP contribution is -2.38. The highest BCUT2D eigenvalue weighted by Crippen LogP contribution is 2.30. The van der Waals surface area contributed by atoms with Crippen LogP contribution >= 0.6 is 0 Å². The van der Waals surface area contributed by atoms with Crippen molar-refractivity contribution in [2.45, 2.75) is 19.3 Å². The molecule has 2 rings (SSSR count). The molecule has 0 saturated carbocycles. The summed E-state index contributed by atoms with van der Waals surface area (Å²) in [4.78, 5) is 4.00. The normalized spacial score (nSPS) is 12.5. The van der Waals surface area contributed by atoms with E-state index in [1.807, 2.05) is 29.1 Å². The van der Waals surface area contributed by atoms with Gasteiger partial charge in [0.15, 0.2) is 11.7 Å². The maximum Gasteiger partial charge on any atom is 0.435 e. The molecule has 0 aliphatic rings. The maximum absolute atomic E-state index is 12.9. The van der Waals surface area contributed by atoms with Crippen molar-refractivity contribution < 1.29 is 13.2 Å². The molecule has 0 spiro atoms. The van der Waals surface area contributed by atoms with E-state index in [-0.39, 0.29) is 12.1 Å². The van der Waals surface area contributed by atoms with Crippen molar-refractivity contribution >= 4 is 5.96 Å². The molecule has 0 unspecified atom stereocenters.